The van der Waals surface area contributed by atoms with Crippen LogP contribution in [-0.2, 0) is 4.74 Å². The van der Waals surface area contributed by atoms with Gasteiger partial charge in [-0.2, -0.15) is 0 Å². The lowest BCUT2D eigenvalue weighted by atomic mass is 10.2. The van der Waals surface area contributed by atoms with E-state index in [9.17, 15) is 0 Å². The molecular weight excluding hydrogens is 250 g/mol. The molecule has 0 amide bonds. The highest BCUT2D eigenvalue weighted by Gasteiger charge is 2.11. The average Bonchev–Trinajstić information content (AvgIpc) is 2.51. The molecule has 74 valence electrons. The zero-order valence-electron chi connectivity index (χ0n) is 7.84. The number of halogens is 1. The molecule has 0 bridgehead atoms. The molecule has 0 radical (unpaired) electrons. The lowest BCUT2D eigenvalue weighted by Gasteiger charge is -2.14. The van der Waals surface area contributed by atoms with Gasteiger partial charge < -0.3 is 10.1 Å². The van der Waals surface area contributed by atoms with Crippen LogP contribution in [0.25, 0.3) is 0 Å². The van der Waals surface area contributed by atoms with Crippen LogP contribution in [0.3, 0.4) is 0 Å². The van der Waals surface area contributed by atoms with Gasteiger partial charge in [0.2, 0.25) is 0 Å². The fourth-order valence-electron chi connectivity index (χ4n) is 1.17. The number of ether oxygens (including phenoxy) is 1. The van der Waals surface area contributed by atoms with Crippen LogP contribution in [0.1, 0.15) is 17.8 Å². The van der Waals surface area contributed by atoms with Gasteiger partial charge in [0.25, 0.3) is 0 Å². The predicted molar refractivity (Wildman–Crippen MR) is 60.3 cm³/mol. The van der Waals surface area contributed by atoms with Gasteiger partial charge in [-0.1, -0.05) is 6.92 Å². The molecule has 0 aliphatic rings. The Morgan fingerprint density at radius 3 is 2.92 bits per heavy atom. The summed E-state index contributed by atoms with van der Waals surface area (Å²) >= 11 is 5.19. The summed E-state index contributed by atoms with van der Waals surface area (Å²) < 4.78 is 6.29. The van der Waals surface area contributed by atoms with Crippen molar-refractivity contribution in [3.8, 4) is 0 Å². The van der Waals surface area contributed by atoms with E-state index in [0.717, 1.165) is 17.6 Å². The molecule has 2 nitrogen and oxygen atoms in total. The van der Waals surface area contributed by atoms with Gasteiger partial charge in [-0.05, 0) is 28.5 Å². The number of hydrogen-bond donors (Lipinski definition) is 1. The van der Waals surface area contributed by atoms with Crippen LogP contribution in [0.4, 0.5) is 0 Å². The molecule has 1 unspecified atom stereocenters. The Labute approximate surface area is 91.4 Å². The number of rotatable bonds is 5. The Morgan fingerprint density at radius 2 is 2.46 bits per heavy atom. The van der Waals surface area contributed by atoms with E-state index in [1.165, 1.54) is 4.88 Å². The van der Waals surface area contributed by atoms with E-state index in [0.29, 0.717) is 6.04 Å². The largest absolute Gasteiger partial charge is 0.383 e. The normalized spacial score (nSPS) is 13.2. The van der Waals surface area contributed by atoms with Crippen molar-refractivity contribution in [1.29, 1.82) is 0 Å². The fourth-order valence-corrected chi connectivity index (χ4v) is 2.67. The molecule has 0 saturated carbocycles. The van der Waals surface area contributed by atoms with Crippen molar-refractivity contribution in [1.82, 2.24) is 5.32 Å². The van der Waals surface area contributed by atoms with E-state index in [-0.39, 0.29) is 0 Å². The van der Waals surface area contributed by atoms with Crippen LogP contribution < -0.4 is 5.32 Å². The minimum atomic E-state index is 0.325. The van der Waals surface area contributed by atoms with Gasteiger partial charge in [-0.15, -0.1) is 11.3 Å². The molecule has 0 aliphatic carbocycles. The first-order chi connectivity index (χ1) is 6.27. The average molecular weight is 264 g/mol. The van der Waals surface area contributed by atoms with Crippen molar-refractivity contribution in [2.45, 2.75) is 13.0 Å². The summed E-state index contributed by atoms with van der Waals surface area (Å²) in [5.74, 6) is 0. The third kappa shape index (κ3) is 3.38. The van der Waals surface area contributed by atoms with Crippen LogP contribution in [0.15, 0.2) is 15.9 Å². The van der Waals surface area contributed by atoms with Gasteiger partial charge >= 0.3 is 0 Å². The summed E-state index contributed by atoms with van der Waals surface area (Å²) in [6, 6.07) is 2.46. The van der Waals surface area contributed by atoms with Crippen LogP contribution in [0.2, 0.25) is 0 Å². The number of nitrogens with one attached hydrogen (secondary N) is 1. The third-order valence-electron chi connectivity index (χ3n) is 1.72. The molecule has 1 heterocycles. The third-order valence-corrected chi connectivity index (χ3v) is 3.52. The van der Waals surface area contributed by atoms with Crippen molar-refractivity contribution in [3.05, 3.63) is 20.8 Å². The molecule has 1 atom stereocenters. The standard InChI is InChI=1S/C9H14BrNOS/c1-3-11-8(5-12-2)9-4-7(10)6-13-9/h4,6,8,11H,3,5H2,1-2H3. The minimum absolute atomic E-state index is 0.325. The Morgan fingerprint density at radius 1 is 1.69 bits per heavy atom. The molecule has 0 spiro atoms. The second kappa shape index (κ2) is 5.75. The quantitative estimate of drug-likeness (QED) is 0.883. The SMILES string of the molecule is CCNC(COC)c1cc(Br)cs1. The van der Waals surface area contributed by atoms with Crippen LogP contribution in [0, 0.1) is 0 Å². The second-order valence-corrected chi connectivity index (χ2v) is 4.59. The highest BCUT2D eigenvalue weighted by Crippen LogP contribution is 2.25. The smallest absolute Gasteiger partial charge is 0.0665 e. The summed E-state index contributed by atoms with van der Waals surface area (Å²) in [4.78, 5) is 1.32. The van der Waals surface area contributed by atoms with Gasteiger partial charge in [0.05, 0.1) is 12.6 Å². The van der Waals surface area contributed by atoms with Crippen molar-refractivity contribution in [2.24, 2.45) is 0 Å². The van der Waals surface area contributed by atoms with Gasteiger partial charge in [0.15, 0.2) is 0 Å². The lowest BCUT2D eigenvalue weighted by molar-refractivity contribution is 0.169. The molecular formula is C9H14BrNOS. The molecule has 1 N–H and O–H groups in total. The molecule has 0 aliphatic heterocycles. The first-order valence-corrected chi connectivity index (χ1v) is 5.91. The Bertz CT molecular complexity index is 246. The molecule has 1 rings (SSSR count). The van der Waals surface area contributed by atoms with E-state index < -0.39 is 0 Å². The number of thiophene rings is 1. The zero-order chi connectivity index (χ0) is 9.68. The Balaban J connectivity index is 2.63. The second-order valence-electron chi connectivity index (χ2n) is 2.73. The van der Waals surface area contributed by atoms with Crippen molar-refractivity contribution < 1.29 is 4.74 Å². The molecule has 1 aromatic heterocycles. The topological polar surface area (TPSA) is 21.3 Å². The van der Waals surface area contributed by atoms with Crippen molar-refractivity contribution >= 4 is 27.3 Å². The van der Waals surface area contributed by atoms with Crippen molar-refractivity contribution in [3.63, 3.8) is 0 Å². The van der Waals surface area contributed by atoms with E-state index in [4.69, 9.17) is 4.74 Å². The van der Waals surface area contributed by atoms with Crippen molar-refractivity contribution in [2.75, 3.05) is 20.3 Å². The highest BCUT2D eigenvalue weighted by atomic mass is 79.9. The first kappa shape index (κ1) is 11.2. The fraction of sp³-hybridized carbons (Fsp3) is 0.556. The van der Waals surface area contributed by atoms with Gasteiger partial charge in [0.1, 0.15) is 0 Å². The number of methoxy groups -OCH3 is 1. The van der Waals surface area contributed by atoms with E-state index in [2.05, 4.69) is 39.6 Å². The zero-order valence-corrected chi connectivity index (χ0v) is 10.2. The number of likely N-dealkylation sites (N-methyl/N-ethyl adjacent to an activating group) is 1. The number of hydrogen-bond acceptors (Lipinski definition) is 3. The van der Waals surface area contributed by atoms with Crippen LogP contribution in [-0.4, -0.2) is 20.3 Å². The first-order valence-electron chi connectivity index (χ1n) is 4.24. The maximum absolute atomic E-state index is 5.15. The summed E-state index contributed by atoms with van der Waals surface area (Å²) in [6.45, 7) is 3.79. The van der Waals surface area contributed by atoms with Gasteiger partial charge in [-0.3, -0.25) is 0 Å². The minimum Gasteiger partial charge on any atom is -0.383 e. The highest BCUT2D eigenvalue weighted by molar-refractivity contribution is 9.10. The maximum Gasteiger partial charge on any atom is 0.0665 e. The predicted octanol–water partition coefficient (Wildman–Crippen LogP) is 2.81. The summed E-state index contributed by atoms with van der Waals surface area (Å²) in [5, 5.41) is 5.47. The van der Waals surface area contributed by atoms with Crippen LogP contribution in [0.5, 0.6) is 0 Å². The molecule has 1 aromatic rings. The summed E-state index contributed by atoms with van der Waals surface area (Å²) in [7, 11) is 1.73. The van der Waals surface area contributed by atoms with E-state index in [1.807, 2.05) is 0 Å². The summed E-state index contributed by atoms with van der Waals surface area (Å²) in [5.41, 5.74) is 0. The van der Waals surface area contributed by atoms with Crippen LogP contribution >= 0.6 is 27.3 Å². The molecule has 0 saturated heterocycles. The molecule has 0 fully saturated rings. The molecule has 4 heteroatoms. The Kier molecular flexibility index (Phi) is 4.94. The summed E-state index contributed by atoms with van der Waals surface area (Å²) in [6.07, 6.45) is 0. The van der Waals surface area contributed by atoms with E-state index in [1.54, 1.807) is 18.4 Å². The molecule has 13 heavy (non-hydrogen) atoms. The monoisotopic (exact) mass is 263 g/mol. The van der Waals surface area contributed by atoms with E-state index >= 15 is 0 Å². The van der Waals surface area contributed by atoms with Gasteiger partial charge in [-0.25, -0.2) is 0 Å². The van der Waals surface area contributed by atoms with Gasteiger partial charge in [0, 0.05) is 21.8 Å². The molecule has 0 aromatic carbocycles. The maximum atomic E-state index is 5.15. The lowest BCUT2D eigenvalue weighted by Crippen LogP contribution is -2.23. The Hall–Kier alpha value is 0.1000.